The summed E-state index contributed by atoms with van der Waals surface area (Å²) in [6, 6.07) is 2.41. The lowest BCUT2D eigenvalue weighted by Gasteiger charge is -2.17. The number of rotatable bonds is 3. The van der Waals surface area contributed by atoms with Gasteiger partial charge in [0.15, 0.2) is 11.5 Å². The smallest absolute Gasteiger partial charge is 0.420 e. The van der Waals surface area contributed by atoms with E-state index in [1.165, 1.54) is 6.07 Å². The zero-order chi connectivity index (χ0) is 13.9. The minimum absolute atomic E-state index is 0.0172. The summed E-state index contributed by atoms with van der Waals surface area (Å²) in [5.74, 6) is -0.0544. The molecule has 1 aliphatic rings. The Hall–Kier alpha value is -1.43. The average molecular weight is 276 g/mol. The van der Waals surface area contributed by atoms with Crippen LogP contribution in [-0.2, 0) is 12.6 Å². The van der Waals surface area contributed by atoms with Crippen molar-refractivity contribution >= 4 is 0 Å². The van der Waals surface area contributed by atoms with Gasteiger partial charge in [0.2, 0.25) is 0 Å². The van der Waals surface area contributed by atoms with Crippen LogP contribution in [0.15, 0.2) is 12.1 Å². The quantitative estimate of drug-likeness (QED) is 0.922. The molecule has 6 heteroatoms. The summed E-state index contributed by atoms with van der Waals surface area (Å²) in [4.78, 5) is 0. The number of aryl methyl sites for hydroxylation is 1. The molecule has 19 heavy (non-hydrogen) atoms. The summed E-state index contributed by atoms with van der Waals surface area (Å²) >= 11 is 0. The number of hydrogen-bond acceptors (Lipinski definition) is 3. The molecule has 1 aromatic rings. The molecule has 0 aromatic heterocycles. The second kappa shape index (κ2) is 5.69. The SMILES string of the molecule is OCCCc1ccc(C(F)(F)F)c2c1OCCCO2. The molecular formula is C13H15F3O3. The predicted molar refractivity (Wildman–Crippen MR) is 62.5 cm³/mol. The highest BCUT2D eigenvalue weighted by molar-refractivity contribution is 5.53. The normalized spacial score (nSPS) is 15.2. The van der Waals surface area contributed by atoms with Crippen molar-refractivity contribution in [2.45, 2.75) is 25.4 Å². The first-order valence-corrected chi connectivity index (χ1v) is 6.13. The fraction of sp³-hybridized carbons (Fsp3) is 0.538. The molecule has 3 nitrogen and oxygen atoms in total. The van der Waals surface area contributed by atoms with Crippen molar-refractivity contribution in [1.82, 2.24) is 0 Å². The third-order valence-corrected chi connectivity index (χ3v) is 2.88. The van der Waals surface area contributed by atoms with Gasteiger partial charge >= 0.3 is 6.18 Å². The molecule has 1 N–H and O–H groups in total. The first-order chi connectivity index (χ1) is 9.04. The van der Waals surface area contributed by atoms with Crippen LogP contribution in [-0.4, -0.2) is 24.9 Å². The standard InChI is InChI=1S/C13H15F3O3/c14-13(15,16)10-5-4-9(3-1-6-17)11-12(10)19-8-2-7-18-11/h4-5,17H,1-3,6-8H2. The maximum absolute atomic E-state index is 12.9. The van der Waals surface area contributed by atoms with Crippen LogP contribution in [0.2, 0.25) is 0 Å². The summed E-state index contributed by atoms with van der Waals surface area (Å²) in [5.41, 5.74) is -0.170. The number of halogens is 3. The first kappa shape index (κ1) is 14.0. The van der Waals surface area contributed by atoms with E-state index in [1.807, 2.05) is 0 Å². The second-order valence-corrected chi connectivity index (χ2v) is 4.31. The van der Waals surface area contributed by atoms with E-state index in [0.29, 0.717) is 31.4 Å². The molecule has 0 atom stereocenters. The molecular weight excluding hydrogens is 261 g/mol. The van der Waals surface area contributed by atoms with Crippen LogP contribution >= 0.6 is 0 Å². The number of benzene rings is 1. The number of aliphatic hydroxyl groups excluding tert-OH is 1. The van der Waals surface area contributed by atoms with Crippen LogP contribution in [0.4, 0.5) is 13.2 Å². The molecule has 1 aromatic carbocycles. The van der Waals surface area contributed by atoms with E-state index >= 15 is 0 Å². The molecule has 0 saturated heterocycles. The van der Waals surface area contributed by atoms with E-state index < -0.39 is 11.7 Å². The van der Waals surface area contributed by atoms with Gasteiger partial charge in [-0.1, -0.05) is 6.07 Å². The van der Waals surface area contributed by atoms with Gasteiger partial charge in [0.25, 0.3) is 0 Å². The lowest BCUT2D eigenvalue weighted by molar-refractivity contribution is -0.139. The Morgan fingerprint density at radius 2 is 1.79 bits per heavy atom. The second-order valence-electron chi connectivity index (χ2n) is 4.31. The summed E-state index contributed by atoms with van der Waals surface area (Å²) < 4.78 is 49.4. The number of alkyl halides is 3. The molecule has 0 unspecified atom stereocenters. The molecule has 106 valence electrons. The lowest BCUT2D eigenvalue weighted by Crippen LogP contribution is -2.10. The van der Waals surface area contributed by atoms with E-state index in [9.17, 15) is 13.2 Å². The summed E-state index contributed by atoms with van der Waals surface area (Å²) in [7, 11) is 0. The van der Waals surface area contributed by atoms with Crippen LogP contribution in [0.25, 0.3) is 0 Å². The van der Waals surface area contributed by atoms with E-state index in [4.69, 9.17) is 14.6 Å². The summed E-state index contributed by atoms with van der Waals surface area (Å²) in [6.07, 6.45) is -2.99. The molecule has 0 amide bonds. The zero-order valence-corrected chi connectivity index (χ0v) is 10.3. The van der Waals surface area contributed by atoms with Crippen molar-refractivity contribution in [3.8, 4) is 11.5 Å². The highest BCUT2D eigenvalue weighted by Crippen LogP contribution is 2.44. The van der Waals surface area contributed by atoms with Crippen molar-refractivity contribution in [3.63, 3.8) is 0 Å². The summed E-state index contributed by atoms with van der Waals surface area (Å²) in [5, 5.41) is 8.82. The van der Waals surface area contributed by atoms with E-state index in [1.54, 1.807) is 0 Å². The first-order valence-electron chi connectivity index (χ1n) is 6.13. The molecule has 0 spiro atoms. The Kier molecular flexibility index (Phi) is 4.19. The van der Waals surface area contributed by atoms with Crippen molar-refractivity contribution in [3.05, 3.63) is 23.3 Å². The van der Waals surface area contributed by atoms with Crippen LogP contribution < -0.4 is 9.47 Å². The Morgan fingerprint density at radius 1 is 1.11 bits per heavy atom. The Bertz CT molecular complexity index is 443. The Morgan fingerprint density at radius 3 is 2.42 bits per heavy atom. The lowest BCUT2D eigenvalue weighted by atomic mass is 10.0. The van der Waals surface area contributed by atoms with Gasteiger partial charge in [-0.25, -0.2) is 0 Å². The van der Waals surface area contributed by atoms with Crippen LogP contribution in [0.1, 0.15) is 24.0 Å². The summed E-state index contributed by atoms with van der Waals surface area (Å²) in [6.45, 7) is 0.524. The molecule has 0 aliphatic carbocycles. The number of fused-ring (bicyclic) bond motifs is 1. The van der Waals surface area contributed by atoms with Gasteiger partial charge in [-0.15, -0.1) is 0 Å². The minimum Gasteiger partial charge on any atom is -0.489 e. The monoisotopic (exact) mass is 276 g/mol. The molecule has 1 heterocycles. The zero-order valence-electron chi connectivity index (χ0n) is 10.3. The Labute approximate surface area is 108 Å². The van der Waals surface area contributed by atoms with Gasteiger partial charge in [-0.05, 0) is 24.5 Å². The number of ether oxygens (including phenoxy) is 2. The third kappa shape index (κ3) is 3.12. The fourth-order valence-corrected chi connectivity index (χ4v) is 2.00. The Balaban J connectivity index is 2.45. The van der Waals surface area contributed by atoms with Gasteiger partial charge in [-0.3, -0.25) is 0 Å². The van der Waals surface area contributed by atoms with Gasteiger partial charge in [0, 0.05) is 13.0 Å². The van der Waals surface area contributed by atoms with Crippen molar-refractivity contribution < 1.29 is 27.8 Å². The van der Waals surface area contributed by atoms with E-state index in [2.05, 4.69) is 0 Å². The predicted octanol–water partition coefficient (Wildman–Crippen LogP) is 2.79. The molecule has 0 saturated carbocycles. The third-order valence-electron chi connectivity index (χ3n) is 2.88. The van der Waals surface area contributed by atoms with E-state index in [0.717, 1.165) is 6.07 Å². The topological polar surface area (TPSA) is 38.7 Å². The fourth-order valence-electron chi connectivity index (χ4n) is 2.00. The minimum atomic E-state index is -4.46. The van der Waals surface area contributed by atoms with Crippen LogP contribution in [0.3, 0.4) is 0 Å². The maximum Gasteiger partial charge on any atom is 0.420 e. The van der Waals surface area contributed by atoms with Gasteiger partial charge in [0.1, 0.15) is 5.56 Å². The van der Waals surface area contributed by atoms with Gasteiger partial charge in [-0.2, -0.15) is 13.2 Å². The molecule has 1 aliphatic heterocycles. The number of hydrogen-bond donors (Lipinski definition) is 1. The number of aliphatic hydroxyl groups is 1. The van der Waals surface area contributed by atoms with Crippen molar-refractivity contribution in [2.24, 2.45) is 0 Å². The molecule has 0 radical (unpaired) electrons. The van der Waals surface area contributed by atoms with Crippen LogP contribution in [0.5, 0.6) is 11.5 Å². The largest absolute Gasteiger partial charge is 0.489 e. The van der Waals surface area contributed by atoms with Gasteiger partial charge in [0.05, 0.1) is 13.2 Å². The molecule has 0 bridgehead atoms. The van der Waals surface area contributed by atoms with Gasteiger partial charge < -0.3 is 14.6 Å². The van der Waals surface area contributed by atoms with Crippen LogP contribution in [0, 0.1) is 0 Å². The van der Waals surface area contributed by atoms with Crippen molar-refractivity contribution in [1.29, 1.82) is 0 Å². The molecule has 2 rings (SSSR count). The molecule has 0 fully saturated rings. The highest BCUT2D eigenvalue weighted by atomic mass is 19.4. The van der Waals surface area contributed by atoms with Crippen molar-refractivity contribution in [2.75, 3.05) is 19.8 Å². The highest BCUT2D eigenvalue weighted by Gasteiger charge is 2.37. The average Bonchev–Trinajstić information content (AvgIpc) is 2.60. The van der Waals surface area contributed by atoms with E-state index in [-0.39, 0.29) is 24.7 Å². The maximum atomic E-state index is 12.9.